The number of nitrogens with one attached hydrogen (secondary N) is 1. The molecular weight excluding hydrogens is 310 g/mol. The van der Waals surface area contributed by atoms with Crippen molar-refractivity contribution in [1.29, 1.82) is 0 Å². The largest absolute Gasteiger partial charge is 0.497 e. The first-order valence-electron chi connectivity index (χ1n) is 6.90. The highest BCUT2D eigenvalue weighted by Crippen LogP contribution is 2.30. The van der Waals surface area contributed by atoms with Gasteiger partial charge in [-0.05, 0) is 12.1 Å². The molecule has 0 saturated carbocycles. The number of benzene rings is 1. The molecule has 6 heteroatoms. The molecule has 116 valence electrons. The predicted octanol–water partition coefficient (Wildman–Crippen LogP) is 3.30. The van der Waals surface area contributed by atoms with Crippen LogP contribution >= 0.6 is 11.3 Å². The van der Waals surface area contributed by atoms with E-state index in [4.69, 9.17) is 15.9 Å². The monoisotopic (exact) mass is 325 g/mol. The van der Waals surface area contributed by atoms with Crippen molar-refractivity contribution in [3.05, 3.63) is 41.0 Å². The summed E-state index contributed by atoms with van der Waals surface area (Å²) in [5.41, 5.74) is 2.60. The number of anilines is 1. The SMILES string of the molecule is C#Cc1csc2c(NCc3ccc(OC)cc3OC)ncnc12. The van der Waals surface area contributed by atoms with E-state index >= 15 is 0 Å². The highest BCUT2D eigenvalue weighted by molar-refractivity contribution is 7.18. The number of nitrogens with zero attached hydrogens (tertiary/aromatic N) is 2. The summed E-state index contributed by atoms with van der Waals surface area (Å²) in [7, 11) is 3.27. The van der Waals surface area contributed by atoms with Crippen molar-refractivity contribution in [2.24, 2.45) is 0 Å². The van der Waals surface area contributed by atoms with Crippen molar-refractivity contribution in [1.82, 2.24) is 9.97 Å². The van der Waals surface area contributed by atoms with Crippen LogP contribution in [-0.4, -0.2) is 24.2 Å². The smallest absolute Gasteiger partial charge is 0.147 e. The Kier molecular flexibility index (Phi) is 4.31. The average Bonchev–Trinajstić information content (AvgIpc) is 3.03. The molecule has 3 rings (SSSR count). The number of hydrogen-bond acceptors (Lipinski definition) is 6. The second kappa shape index (κ2) is 6.55. The molecule has 0 saturated heterocycles. The first-order chi connectivity index (χ1) is 11.3. The van der Waals surface area contributed by atoms with Crippen LogP contribution in [-0.2, 0) is 6.54 Å². The number of methoxy groups -OCH3 is 2. The summed E-state index contributed by atoms with van der Waals surface area (Å²) in [5.74, 6) is 4.92. The minimum absolute atomic E-state index is 0.572. The molecule has 0 fully saturated rings. The standard InChI is InChI=1S/C17H15N3O2S/c1-4-11-9-23-16-15(11)19-10-20-17(16)18-8-12-5-6-13(21-2)7-14(12)22-3/h1,5-7,9-10H,8H2,2-3H3,(H,18,19,20). The lowest BCUT2D eigenvalue weighted by atomic mass is 10.2. The number of ether oxygens (including phenoxy) is 2. The third-order valence-corrected chi connectivity index (χ3v) is 4.43. The Morgan fingerprint density at radius 3 is 2.87 bits per heavy atom. The van der Waals surface area contributed by atoms with Gasteiger partial charge in [-0.25, -0.2) is 9.97 Å². The Morgan fingerprint density at radius 1 is 1.26 bits per heavy atom. The zero-order valence-corrected chi connectivity index (χ0v) is 13.6. The molecule has 0 atom stereocenters. The Morgan fingerprint density at radius 2 is 2.13 bits per heavy atom. The number of terminal acetylenes is 1. The van der Waals surface area contributed by atoms with Crippen LogP contribution in [0.1, 0.15) is 11.1 Å². The Hall–Kier alpha value is -2.78. The summed E-state index contributed by atoms with van der Waals surface area (Å²) in [6.07, 6.45) is 7.01. The van der Waals surface area contributed by atoms with Gasteiger partial charge in [0.15, 0.2) is 0 Å². The van der Waals surface area contributed by atoms with E-state index in [0.29, 0.717) is 6.54 Å². The van der Waals surface area contributed by atoms with Crippen LogP contribution in [0.3, 0.4) is 0 Å². The molecule has 0 bridgehead atoms. The van der Waals surface area contributed by atoms with Gasteiger partial charge in [0, 0.05) is 23.6 Å². The maximum absolute atomic E-state index is 5.49. The highest BCUT2D eigenvalue weighted by atomic mass is 32.1. The first-order valence-corrected chi connectivity index (χ1v) is 7.78. The van der Waals surface area contributed by atoms with Crippen LogP contribution in [0.2, 0.25) is 0 Å². The van der Waals surface area contributed by atoms with Crippen molar-refractivity contribution in [2.75, 3.05) is 19.5 Å². The quantitative estimate of drug-likeness (QED) is 0.730. The van der Waals surface area contributed by atoms with Crippen LogP contribution in [0, 0.1) is 12.3 Å². The van der Waals surface area contributed by atoms with Crippen LogP contribution in [0.25, 0.3) is 10.2 Å². The molecule has 0 spiro atoms. The normalized spacial score (nSPS) is 10.3. The van der Waals surface area contributed by atoms with Crippen LogP contribution < -0.4 is 14.8 Å². The maximum Gasteiger partial charge on any atom is 0.147 e. The molecule has 3 aromatic rings. The highest BCUT2D eigenvalue weighted by Gasteiger charge is 2.10. The van der Waals surface area contributed by atoms with Gasteiger partial charge in [0.2, 0.25) is 0 Å². The Balaban J connectivity index is 1.87. The molecule has 0 radical (unpaired) electrons. The summed E-state index contributed by atoms with van der Waals surface area (Å²) < 4.78 is 11.6. The molecule has 2 aromatic heterocycles. The summed E-state index contributed by atoms with van der Waals surface area (Å²) in [5, 5.41) is 5.24. The molecule has 1 aromatic carbocycles. The van der Waals surface area contributed by atoms with E-state index in [-0.39, 0.29) is 0 Å². The summed E-state index contributed by atoms with van der Waals surface area (Å²) >= 11 is 1.54. The van der Waals surface area contributed by atoms with E-state index in [1.807, 2.05) is 23.6 Å². The third kappa shape index (κ3) is 2.91. The third-order valence-electron chi connectivity index (χ3n) is 3.45. The van der Waals surface area contributed by atoms with Gasteiger partial charge in [-0.2, -0.15) is 0 Å². The number of hydrogen-bond donors (Lipinski definition) is 1. The molecule has 5 nitrogen and oxygen atoms in total. The molecule has 0 unspecified atom stereocenters. The first kappa shape index (κ1) is 15.1. The van der Waals surface area contributed by atoms with E-state index in [1.165, 1.54) is 17.7 Å². The zero-order chi connectivity index (χ0) is 16.2. The molecule has 23 heavy (non-hydrogen) atoms. The van der Waals surface area contributed by atoms with Gasteiger partial charge in [-0.1, -0.05) is 5.92 Å². The minimum Gasteiger partial charge on any atom is -0.497 e. The van der Waals surface area contributed by atoms with Gasteiger partial charge in [-0.3, -0.25) is 0 Å². The van der Waals surface area contributed by atoms with Gasteiger partial charge in [-0.15, -0.1) is 17.8 Å². The number of thiophene rings is 1. The van der Waals surface area contributed by atoms with E-state index < -0.39 is 0 Å². The number of rotatable bonds is 5. The van der Waals surface area contributed by atoms with E-state index in [9.17, 15) is 0 Å². The molecule has 2 heterocycles. The molecule has 0 aliphatic carbocycles. The van der Waals surface area contributed by atoms with Gasteiger partial charge >= 0.3 is 0 Å². The molecule has 0 aliphatic rings. The zero-order valence-electron chi connectivity index (χ0n) is 12.8. The lowest BCUT2D eigenvalue weighted by molar-refractivity contribution is 0.391. The van der Waals surface area contributed by atoms with Crippen molar-refractivity contribution >= 4 is 27.4 Å². The summed E-state index contributed by atoms with van der Waals surface area (Å²) in [6, 6.07) is 5.72. The second-order valence-electron chi connectivity index (χ2n) is 4.73. The van der Waals surface area contributed by atoms with Gasteiger partial charge in [0.25, 0.3) is 0 Å². The molecule has 1 N–H and O–H groups in total. The van der Waals surface area contributed by atoms with E-state index in [2.05, 4.69) is 21.2 Å². The van der Waals surface area contributed by atoms with Crippen molar-refractivity contribution in [2.45, 2.75) is 6.54 Å². The van der Waals surface area contributed by atoms with Crippen molar-refractivity contribution < 1.29 is 9.47 Å². The fourth-order valence-electron chi connectivity index (χ4n) is 2.26. The van der Waals surface area contributed by atoms with E-state index in [0.717, 1.165) is 38.7 Å². The maximum atomic E-state index is 5.49. The van der Waals surface area contributed by atoms with Crippen molar-refractivity contribution in [3.63, 3.8) is 0 Å². The van der Waals surface area contributed by atoms with Gasteiger partial charge < -0.3 is 14.8 Å². The van der Waals surface area contributed by atoms with Gasteiger partial charge in [0.1, 0.15) is 29.2 Å². The topological polar surface area (TPSA) is 56.3 Å². The fraction of sp³-hybridized carbons (Fsp3) is 0.176. The summed E-state index contributed by atoms with van der Waals surface area (Å²) in [6.45, 7) is 0.572. The molecule has 0 aliphatic heterocycles. The van der Waals surface area contributed by atoms with Gasteiger partial charge in [0.05, 0.1) is 24.5 Å². The minimum atomic E-state index is 0.572. The number of aromatic nitrogens is 2. The Labute approximate surface area is 138 Å². The predicted molar refractivity (Wildman–Crippen MR) is 92.2 cm³/mol. The van der Waals surface area contributed by atoms with Crippen LogP contribution in [0.4, 0.5) is 5.82 Å². The fourth-order valence-corrected chi connectivity index (χ4v) is 3.18. The molecule has 0 amide bonds. The van der Waals surface area contributed by atoms with Crippen molar-refractivity contribution in [3.8, 4) is 23.8 Å². The van der Waals surface area contributed by atoms with Crippen LogP contribution in [0.15, 0.2) is 29.9 Å². The van der Waals surface area contributed by atoms with E-state index in [1.54, 1.807) is 14.2 Å². The lowest BCUT2D eigenvalue weighted by Crippen LogP contribution is -2.04. The summed E-state index contributed by atoms with van der Waals surface area (Å²) in [4.78, 5) is 8.57. The number of fused-ring (bicyclic) bond motifs is 1. The Bertz CT molecular complexity index is 883. The second-order valence-corrected chi connectivity index (χ2v) is 5.60. The lowest BCUT2D eigenvalue weighted by Gasteiger charge is -2.12. The molecular formula is C17H15N3O2S. The van der Waals surface area contributed by atoms with Crippen LogP contribution in [0.5, 0.6) is 11.5 Å². The average molecular weight is 325 g/mol.